The topological polar surface area (TPSA) is 60.2 Å². The summed E-state index contributed by atoms with van der Waals surface area (Å²) in [4.78, 5) is 4.98. The van der Waals surface area contributed by atoms with Crippen molar-refractivity contribution in [2.24, 2.45) is 0 Å². The summed E-state index contributed by atoms with van der Waals surface area (Å²) >= 11 is 0. The molecule has 5 rings (SSSR count). The average molecular weight is 339 g/mol. The highest BCUT2D eigenvalue weighted by molar-refractivity contribution is 5.49. The molecule has 2 aromatic rings. The number of aliphatic hydroxyl groups is 1. The molecular formula is C20H25N3O2. The van der Waals surface area contributed by atoms with Crippen LogP contribution in [0.4, 0.5) is 0 Å². The molecule has 2 fully saturated rings. The molecule has 1 aromatic carbocycles. The normalized spacial score (nSPS) is 22.1. The van der Waals surface area contributed by atoms with E-state index in [1.54, 1.807) is 0 Å². The van der Waals surface area contributed by atoms with Crippen molar-refractivity contribution in [2.75, 3.05) is 19.8 Å². The monoisotopic (exact) mass is 339 g/mol. The Morgan fingerprint density at radius 1 is 1.20 bits per heavy atom. The Balaban J connectivity index is 1.63. The van der Waals surface area contributed by atoms with E-state index in [1.807, 2.05) is 0 Å². The first-order chi connectivity index (χ1) is 12.3. The molecule has 1 saturated heterocycles. The Bertz CT molecular complexity index is 788. The largest absolute Gasteiger partial charge is 0.395 e. The predicted octanol–water partition coefficient (Wildman–Crippen LogP) is 2.67. The maximum Gasteiger partial charge on any atom is 0.154 e. The predicted molar refractivity (Wildman–Crippen MR) is 94.2 cm³/mol. The van der Waals surface area contributed by atoms with Gasteiger partial charge in [-0.15, -0.1) is 0 Å². The Morgan fingerprint density at radius 2 is 2.04 bits per heavy atom. The van der Waals surface area contributed by atoms with Crippen molar-refractivity contribution < 1.29 is 9.84 Å². The fourth-order valence-corrected chi connectivity index (χ4v) is 4.37. The Morgan fingerprint density at radius 3 is 2.80 bits per heavy atom. The van der Waals surface area contributed by atoms with E-state index >= 15 is 0 Å². The van der Waals surface area contributed by atoms with Crippen LogP contribution < -0.4 is 0 Å². The van der Waals surface area contributed by atoms with Crippen LogP contribution in [0, 0.1) is 0 Å². The zero-order valence-electron chi connectivity index (χ0n) is 14.6. The molecule has 5 nitrogen and oxygen atoms in total. The first-order valence-electron chi connectivity index (χ1n) is 9.58. The lowest BCUT2D eigenvalue weighted by Gasteiger charge is -2.19. The number of rotatable bonds is 4. The summed E-state index contributed by atoms with van der Waals surface area (Å²) < 4.78 is 7.57. The van der Waals surface area contributed by atoms with Gasteiger partial charge in [0.2, 0.25) is 0 Å². The van der Waals surface area contributed by atoms with Gasteiger partial charge < -0.3 is 9.84 Å². The highest BCUT2D eigenvalue weighted by Crippen LogP contribution is 2.48. The second-order valence-electron chi connectivity index (χ2n) is 7.80. The molecule has 1 aromatic heterocycles. The first kappa shape index (κ1) is 15.5. The number of aromatic nitrogens is 3. The molecule has 0 radical (unpaired) electrons. The summed E-state index contributed by atoms with van der Waals surface area (Å²) in [7, 11) is 0. The van der Waals surface area contributed by atoms with E-state index in [9.17, 15) is 5.11 Å². The maximum atomic E-state index is 9.99. The number of aliphatic hydroxyl groups excluding tert-OH is 1. The molecule has 1 aliphatic heterocycles. The summed E-state index contributed by atoms with van der Waals surface area (Å²) in [6.45, 7) is 1.74. The second-order valence-corrected chi connectivity index (χ2v) is 7.80. The Labute approximate surface area is 148 Å². The summed E-state index contributed by atoms with van der Waals surface area (Å²) in [5.74, 6) is 2.28. The van der Waals surface area contributed by atoms with E-state index in [0.29, 0.717) is 5.92 Å². The van der Waals surface area contributed by atoms with E-state index in [4.69, 9.17) is 14.8 Å². The number of ether oxygens (including phenoxy) is 1. The lowest BCUT2D eigenvalue weighted by Crippen LogP contribution is -2.19. The van der Waals surface area contributed by atoms with Gasteiger partial charge in [0.05, 0.1) is 17.7 Å². The summed E-state index contributed by atoms with van der Waals surface area (Å²) in [5.41, 5.74) is 3.86. The summed E-state index contributed by atoms with van der Waals surface area (Å²) in [6, 6.07) is 6.54. The van der Waals surface area contributed by atoms with Gasteiger partial charge in [-0.05, 0) is 62.1 Å². The minimum absolute atomic E-state index is 0.161. The standard InChI is InChI=1S/C20H25N3O2/c24-13-20(9-10-20)19-21-18(15-7-11-25-12-8-15)22-23(19)17-6-2-4-14-3-1-5-16(14)17/h2,4,6,15,24H,1,3,5,7-13H2. The average Bonchev–Trinajstić information content (AvgIpc) is 3.10. The highest BCUT2D eigenvalue weighted by atomic mass is 16.5. The van der Waals surface area contributed by atoms with Gasteiger partial charge in [-0.25, -0.2) is 9.67 Å². The Hall–Kier alpha value is -1.72. The van der Waals surface area contributed by atoms with E-state index in [-0.39, 0.29) is 12.0 Å². The number of hydrogen-bond donors (Lipinski definition) is 1. The molecule has 2 heterocycles. The zero-order valence-corrected chi connectivity index (χ0v) is 14.6. The third-order valence-electron chi connectivity index (χ3n) is 6.19. The highest BCUT2D eigenvalue weighted by Gasteiger charge is 2.49. The third-order valence-corrected chi connectivity index (χ3v) is 6.19. The molecule has 1 N–H and O–H groups in total. The number of benzene rings is 1. The van der Waals surface area contributed by atoms with Crippen molar-refractivity contribution >= 4 is 0 Å². The van der Waals surface area contributed by atoms with Gasteiger partial charge in [0, 0.05) is 19.1 Å². The van der Waals surface area contributed by atoms with Crippen molar-refractivity contribution in [3.8, 4) is 5.69 Å². The van der Waals surface area contributed by atoms with Gasteiger partial charge in [0.1, 0.15) is 5.82 Å². The molecule has 3 aliphatic rings. The summed E-state index contributed by atoms with van der Waals surface area (Å²) in [6.07, 6.45) is 7.48. The second kappa shape index (κ2) is 5.92. The van der Waals surface area contributed by atoms with Crippen LogP contribution in [-0.2, 0) is 23.0 Å². The lowest BCUT2D eigenvalue weighted by molar-refractivity contribution is 0.0836. The van der Waals surface area contributed by atoms with Crippen molar-refractivity contribution in [1.29, 1.82) is 0 Å². The molecule has 5 heteroatoms. The molecule has 2 aliphatic carbocycles. The molecule has 0 bridgehead atoms. The van der Waals surface area contributed by atoms with E-state index in [1.165, 1.54) is 23.2 Å². The van der Waals surface area contributed by atoms with Crippen molar-refractivity contribution in [2.45, 2.75) is 56.3 Å². The molecular weight excluding hydrogens is 314 g/mol. The van der Waals surface area contributed by atoms with E-state index in [0.717, 1.165) is 63.4 Å². The van der Waals surface area contributed by atoms with Crippen molar-refractivity contribution in [3.05, 3.63) is 41.0 Å². The van der Waals surface area contributed by atoms with Crippen LogP contribution in [0.15, 0.2) is 18.2 Å². The van der Waals surface area contributed by atoms with E-state index < -0.39 is 0 Å². The first-order valence-corrected chi connectivity index (χ1v) is 9.58. The molecule has 25 heavy (non-hydrogen) atoms. The van der Waals surface area contributed by atoms with Gasteiger partial charge in [-0.2, -0.15) is 5.10 Å². The minimum atomic E-state index is -0.183. The number of nitrogens with zero attached hydrogens (tertiary/aromatic N) is 3. The molecule has 1 saturated carbocycles. The van der Waals surface area contributed by atoms with Gasteiger partial charge in [0.15, 0.2) is 5.82 Å². The van der Waals surface area contributed by atoms with Gasteiger partial charge in [-0.1, -0.05) is 12.1 Å². The molecule has 132 valence electrons. The fraction of sp³-hybridized carbons (Fsp3) is 0.600. The van der Waals surface area contributed by atoms with Gasteiger partial charge in [-0.3, -0.25) is 0 Å². The molecule has 0 amide bonds. The maximum absolute atomic E-state index is 9.99. The summed E-state index contributed by atoms with van der Waals surface area (Å²) in [5, 5.41) is 15.0. The molecule has 0 spiro atoms. The number of hydrogen-bond acceptors (Lipinski definition) is 4. The van der Waals surface area contributed by atoms with Crippen LogP contribution in [0.25, 0.3) is 5.69 Å². The smallest absolute Gasteiger partial charge is 0.154 e. The van der Waals surface area contributed by atoms with E-state index in [2.05, 4.69) is 22.9 Å². The molecule has 0 unspecified atom stereocenters. The van der Waals surface area contributed by atoms with Crippen LogP contribution in [0.1, 0.15) is 60.8 Å². The van der Waals surface area contributed by atoms with Gasteiger partial charge >= 0.3 is 0 Å². The number of aryl methyl sites for hydroxylation is 1. The fourth-order valence-electron chi connectivity index (χ4n) is 4.37. The van der Waals surface area contributed by atoms with Crippen LogP contribution in [0.3, 0.4) is 0 Å². The van der Waals surface area contributed by atoms with Gasteiger partial charge in [0.25, 0.3) is 0 Å². The van der Waals surface area contributed by atoms with Crippen LogP contribution >= 0.6 is 0 Å². The van der Waals surface area contributed by atoms with Crippen LogP contribution in [0.5, 0.6) is 0 Å². The van der Waals surface area contributed by atoms with Crippen molar-refractivity contribution in [3.63, 3.8) is 0 Å². The third kappa shape index (κ3) is 2.52. The van der Waals surface area contributed by atoms with Crippen LogP contribution in [-0.4, -0.2) is 39.7 Å². The SMILES string of the molecule is OCC1(c2nc(C3CCOCC3)nn2-c2cccc3c2CCC3)CC1. The van der Waals surface area contributed by atoms with Crippen molar-refractivity contribution in [1.82, 2.24) is 14.8 Å². The van der Waals surface area contributed by atoms with Crippen LogP contribution in [0.2, 0.25) is 0 Å². The number of fused-ring (bicyclic) bond motifs is 1. The quantitative estimate of drug-likeness (QED) is 0.930. The minimum Gasteiger partial charge on any atom is -0.395 e. The Kier molecular flexibility index (Phi) is 3.68. The lowest BCUT2D eigenvalue weighted by atomic mass is 10.00. The molecule has 0 atom stereocenters. The zero-order chi connectivity index (χ0) is 16.9.